The Morgan fingerprint density at radius 1 is 1.36 bits per heavy atom. The summed E-state index contributed by atoms with van der Waals surface area (Å²) in [6.45, 7) is 0. The lowest BCUT2D eigenvalue weighted by Gasteiger charge is -2.02. The Morgan fingerprint density at radius 2 is 2.00 bits per heavy atom. The lowest BCUT2D eigenvalue weighted by Crippen LogP contribution is -2.28. The van der Waals surface area contributed by atoms with Crippen LogP contribution in [0.3, 0.4) is 0 Å². The standard InChI is InChI=1S/C8H6BrNO4/c9-4-1-2-6(11)5(3-4)7(12)8(13)10-14/h1-3,11,14H,(H,10,13). The average Bonchev–Trinajstić information content (AvgIpc) is 2.19. The number of carbonyl (C=O) groups is 2. The molecule has 0 radical (unpaired) electrons. The fourth-order valence-corrected chi connectivity index (χ4v) is 1.22. The van der Waals surface area contributed by atoms with E-state index in [1.165, 1.54) is 23.7 Å². The van der Waals surface area contributed by atoms with Gasteiger partial charge in [0.05, 0.1) is 5.56 Å². The van der Waals surface area contributed by atoms with Gasteiger partial charge in [-0.05, 0) is 18.2 Å². The first-order chi connectivity index (χ1) is 6.56. The maximum atomic E-state index is 11.2. The van der Waals surface area contributed by atoms with Gasteiger partial charge in [-0.1, -0.05) is 15.9 Å². The van der Waals surface area contributed by atoms with E-state index in [-0.39, 0.29) is 11.3 Å². The van der Waals surface area contributed by atoms with Gasteiger partial charge in [-0.3, -0.25) is 14.8 Å². The molecule has 0 aliphatic carbocycles. The number of halogens is 1. The summed E-state index contributed by atoms with van der Waals surface area (Å²) in [5.41, 5.74) is 1.02. The number of carbonyl (C=O) groups excluding carboxylic acids is 2. The zero-order chi connectivity index (χ0) is 10.7. The van der Waals surface area contributed by atoms with Crippen molar-refractivity contribution in [2.24, 2.45) is 0 Å². The SMILES string of the molecule is O=C(NO)C(=O)c1cc(Br)ccc1O. The van der Waals surface area contributed by atoms with Crippen LogP contribution in [0.2, 0.25) is 0 Å². The van der Waals surface area contributed by atoms with Gasteiger partial charge >= 0.3 is 5.91 Å². The molecule has 14 heavy (non-hydrogen) atoms. The van der Waals surface area contributed by atoms with Gasteiger partial charge in [0, 0.05) is 4.47 Å². The highest BCUT2D eigenvalue weighted by Gasteiger charge is 2.19. The van der Waals surface area contributed by atoms with E-state index in [0.29, 0.717) is 4.47 Å². The van der Waals surface area contributed by atoms with Gasteiger partial charge in [0.1, 0.15) is 5.75 Å². The predicted octanol–water partition coefficient (Wildman–Crippen LogP) is 0.843. The molecule has 0 unspecified atom stereocenters. The molecule has 0 bridgehead atoms. The molecule has 0 aliphatic heterocycles. The van der Waals surface area contributed by atoms with Crippen molar-refractivity contribution in [3.05, 3.63) is 28.2 Å². The Kier molecular flexibility index (Phi) is 3.21. The number of nitrogens with one attached hydrogen (secondary N) is 1. The molecule has 5 nitrogen and oxygen atoms in total. The molecule has 1 aromatic rings. The largest absolute Gasteiger partial charge is 0.507 e. The van der Waals surface area contributed by atoms with Crippen LogP contribution in [-0.4, -0.2) is 22.0 Å². The first kappa shape index (κ1) is 10.7. The molecule has 0 fully saturated rings. The van der Waals surface area contributed by atoms with E-state index in [9.17, 15) is 14.7 Å². The molecule has 1 amide bonds. The molecule has 0 aromatic heterocycles. The highest BCUT2D eigenvalue weighted by atomic mass is 79.9. The van der Waals surface area contributed by atoms with Gasteiger partial charge in [-0.2, -0.15) is 0 Å². The minimum absolute atomic E-state index is 0.175. The van der Waals surface area contributed by atoms with E-state index >= 15 is 0 Å². The Hall–Kier alpha value is -1.40. The lowest BCUT2D eigenvalue weighted by molar-refractivity contribution is -0.124. The van der Waals surface area contributed by atoms with Crippen molar-refractivity contribution in [3.63, 3.8) is 0 Å². The van der Waals surface area contributed by atoms with Crippen LogP contribution in [0, 0.1) is 0 Å². The number of ketones is 1. The third-order valence-corrected chi connectivity index (χ3v) is 2.00. The Labute approximate surface area is 87.4 Å². The van der Waals surface area contributed by atoms with Crippen LogP contribution in [-0.2, 0) is 4.79 Å². The number of aromatic hydroxyl groups is 1. The van der Waals surface area contributed by atoms with Crippen molar-refractivity contribution in [3.8, 4) is 5.75 Å². The van der Waals surface area contributed by atoms with E-state index in [4.69, 9.17) is 5.21 Å². The molecule has 0 heterocycles. The minimum atomic E-state index is -1.20. The van der Waals surface area contributed by atoms with E-state index in [2.05, 4.69) is 15.9 Å². The number of Topliss-reactive ketones (excluding diaryl/α,β-unsaturated/α-hetero) is 1. The molecule has 3 N–H and O–H groups in total. The van der Waals surface area contributed by atoms with E-state index < -0.39 is 11.7 Å². The first-order valence-electron chi connectivity index (χ1n) is 3.53. The second-order valence-corrected chi connectivity index (χ2v) is 3.35. The van der Waals surface area contributed by atoms with Gasteiger partial charge in [-0.15, -0.1) is 0 Å². The Balaban J connectivity index is 3.12. The molecular weight excluding hydrogens is 254 g/mol. The second-order valence-electron chi connectivity index (χ2n) is 2.43. The zero-order valence-corrected chi connectivity index (χ0v) is 8.41. The summed E-state index contributed by atoms with van der Waals surface area (Å²) in [6, 6.07) is 4.07. The molecule has 0 saturated carbocycles. The van der Waals surface area contributed by atoms with Crippen LogP contribution in [0.4, 0.5) is 0 Å². The maximum Gasteiger partial charge on any atom is 0.315 e. The number of phenols is 1. The monoisotopic (exact) mass is 259 g/mol. The summed E-state index contributed by atoms with van der Waals surface area (Å²) in [7, 11) is 0. The number of phenolic OH excluding ortho intramolecular Hbond substituents is 1. The lowest BCUT2D eigenvalue weighted by atomic mass is 10.1. The van der Waals surface area contributed by atoms with Crippen molar-refractivity contribution < 1.29 is 19.9 Å². The van der Waals surface area contributed by atoms with Crippen LogP contribution in [0.5, 0.6) is 5.75 Å². The normalized spacial score (nSPS) is 9.57. The highest BCUT2D eigenvalue weighted by Crippen LogP contribution is 2.22. The molecule has 1 aromatic carbocycles. The zero-order valence-electron chi connectivity index (χ0n) is 6.82. The van der Waals surface area contributed by atoms with Crippen molar-refractivity contribution >= 4 is 27.6 Å². The van der Waals surface area contributed by atoms with Crippen molar-refractivity contribution in [2.45, 2.75) is 0 Å². The Bertz CT molecular complexity index is 391. The fourth-order valence-electron chi connectivity index (χ4n) is 0.863. The van der Waals surface area contributed by atoms with E-state index in [0.717, 1.165) is 0 Å². The molecule has 74 valence electrons. The van der Waals surface area contributed by atoms with Crippen molar-refractivity contribution in [2.75, 3.05) is 0 Å². The number of amides is 1. The van der Waals surface area contributed by atoms with Crippen molar-refractivity contribution in [1.29, 1.82) is 0 Å². The highest BCUT2D eigenvalue weighted by molar-refractivity contribution is 9.10. The summed E-state index contributed by atoms with van der Waals surface area (Å²) in [5, 5.41) is 17.5. The quantitative estimate of drug-likeness (QED) is 0.318. The molecular formula is C8H6BrNO4. The number of hydrogen-bond donors (Lipinski definition) is 3. The smallest absolute Gasteiger partial charge is 0.315 e. The topological polar surface area (TPSA) is 86.6 Å². The molecule has 0 atom stereocenters. The second kappa shape index (κ2) is 4.21. The maximum absolute atomic E-state index is 11.2. The summed E-state index contributed by atoms with van der Waals surface area (Å²) >= 11 is 3.08. The average molecular weight is 260 g/mol. The third kappa shape index (κ3) is 2.09. The Morgan fingerprint density at radius 3 is 2.57 bits per heavy atom. The van der Waals surface area contributed by atoms with Gasteiger partial charge in [0.2, 0.25) is 0 Å². The predicted molar refractivity (Wildman–Crippen MR) is 50.1 cm³/mol. The molecule has 1 rings (SSSR count). The van der Waals surface area contributed by atoms with Crippen molar-refractivity contribution in [1.82, 2.24) is 5.48 Å². The first-order valence-corrected chi connectivity index (χ1v) is 4.33. The fraction of sp³-hybridized carbons (Fsp3) is 0. The van der Waals surface area contributed by atoms with Crippen LogP contribution >= 0.6 is 15.9 Å². The summed E-state index contributed by atoms with van der Waals surface area (Å²) in [4.78, 5) is 21.9. The minimum Gasteiger partial charge on any atom is -0.507 e. The molecule has 0 saturated heterocycles. The van der Waals surface area contributed by atoms with Gasteiger partial charge in [-0.25, -0.2) is 5.48 Å². The number of hydrogen-bond acceptors (Lipinski definition) is 4. The summed E-state index contributed by atoms with van der Waals surface area (Å²) in [5.74, 6) is -2.52. The molecule has 0 spiro atoms. The third-order valence-electron chi connectivity index (χ3n) is 1.51. The number of rotatable bonds is 2. The summed E-state index contributed by atoms with van der Waals surface area (Å²) < 4.78 is 0.546. The van der Waals surface area contributed by atoms with Gasteiger partial charge in [0.25, 0.3) is 5.78 Å². The molecule has 0 aliphatic rings. The van der Waals surface area contributed by atoms with E-state index in [1.54, 1.807) is 0 Å². The number of benzene rings is 1. The molecule has 6 heteroatoms. The van der Waals surface area contributed by atoms with E-state index in [1.807, 2.05) is 0 Å². The van der Waals surface area contributed by atoms with Crippen LogP contribution in [0.25, 0.3) is 0 Å². The van der Waals surface area contributed by atoms with Crippen LogP contribution in [0.1, 0.15) is 10.4 Å². The van der Waals surface area contributed by atoms with Crippen LogP contribution < -0.4 is 5.48 Å². The number of hydroxylamine groups is 1. The van der Waals surface area contributed by atoms with Gasteiger partial charge < -0.3 is 5.11 Å². The van der Waals surface area contributed by atoms with Crippen LogP contribution in [0.15, 0.2) is 22.7 Å². The summed E-state index contributed by atoms with van der Waals surface area (Å²) in [6.07, 6.45) is 0. The van der Waals surface area contributed by atoms with Gasteiger partial charge in [0.15, 0.2) is 0 Å².